The number of rotatable bonds is 5. The van der Waals surface area contributed by atoms with Crippen LogP contribution in [0.15, 0.2) is 30.3 Å². The summed E-state index contributed by atoms with van der Waals surface area (Å²) in [5.41, 5.74) is 1.05. The first-order valence-corrected chi connectivity index (χ1v) is 7.95. The van der Waals surface area contributed by atoms with Crippen LogP contribution in [0.25, 0.3) is 0 Å². The van der Waals surface area contributed by atoms with Gasteiger partial charge in [-0.05, 0) is 44.2 Å². The number of benzene rings is 1. The molecule has 0 radical (unpaired) electrons. The number of hydrogen-bond acceptors (Lipinski definition) is 3. The van der Waals surface area contributed by atoms with Gasteiger partial charge in [-0.25, -0.2) is 0 Å². The maximum Gasteiger partial charge on any atom is 0.234 e. The van der Waals surface area contributed by atoms with E-state index in [0.29, 0.717) is 6.54 Å². The number of aliphatic hydroxyl groups excluding tert-OH is 1. The Labute approximate surface area is 126 Å². The minimum Gasteiger partial charge on any atom is -0.395 e. The second-order valence-corrected chi connectivity index (χ2v) is 6.30. The fourth-order valence-electron chi connectivity index (χ4n) is 3.57. The van der Waals surface area contributed by atoms with E-state index < -0.39 is 0 Å². The Balaban J connectivity index is 1.63. The first-order valence-electron chi connectivity index (χ1n) is 7.95. The van der Waals surface area contributed by atoms with Crippen LogP contribution in [0.1, 0.15) is 37.7 Å². The molecule has 1 saturated heterocycles. The van der Waals surface area contributed by atoms with Crippen LogP contribution in [0.5, 0.6) is 0 Å². The van der Waals surface area contributed by atoms with Gasteiger partial charge in [0, 0.05) is 6.04 Å². The molecule has 0 aromatic heterocycles. The number of carbonyl (C=O) groups excluding carboxylic acids is 1. The monoisotopic (exact) mass is 288 g/mol. The van der Waals surface area contributed by atoms with E-state index in [-0.39, 0.29) is 24.1 Å². The average molecular weight is 288 g/mol. The third kappa shape index (κ3) is 2.97. The van der Waals surface area contributed by atoms with Crippen molar-refractivity contribution >= 4 is 5.91 Å². The zero-order valence-corrected chi connectivity index (χ0v) is 12.4. The van der Waals surface area contributed by atoms with Crippen LogP contribution >= 0.6 is 0 Å². The van der Waals surface area contributed by atoms with E-state index in [1.807, 2.05) is 18.2 Å². The third-order valence-corrected chi connectivity index (χ3v) is 4.97. The molecule has 1 saturated carbocycles. The van der Waals surface area contributed by atoms with Crippen molar-refractivity contribution in [3.8, 4) is 0 Å². The Hall–Kier alpha value is -1.39. The summed E-state index contributed by atoms with van der Waals surface area (Å²) in [7, 11) is 0. The van der Waals surface area contributed by atoms with Crippen molar-refractivity contribution in [1.29, 1.82) is 0 Å². The highest BCUT2D eigenvalue weighted by atomic mass is 16.3. The number of aliphatic hydroxyl groups is 1. The Bertz CT molecular complexity index is 485. The molecule has 1 heterocycles. The van der Waals surface area contributed by atoms with Crippen LogP contribution in [0, 0.1) is 0 Å². The molecule has 4 nitrogen and oxygen atoms in total. The molecule has 2 aliphatic rings. The summed E-state index contributed by atoms with van der Waals surface area (Å²) in [6.07, 6.45) is 5.27. The Morgan fingerprint density at radius 3 is 2.67 bits per heavy atom. The lowest BCUT2D eigenvalue weighted by atomic mass is 9.72. The van der Waals surface area contributed by atoms with E-state index in [1.54, 1.807) is 0 Å². The molecule has 1 aliphatic heterocycles. The van der Waals surface area contributed by atoms with Crippen molar-refractivity contribution in [3.05, 3.63) is 35.9 Å². The molecule has 1 amide bonds. The number of hydrogen-bond donors (Lipinski definition) is 2. The van der Waals surface area contributed by atoms with E-state index in [4.69, 9.17) is 0 Å². The maximum absolute atomic E-state index is 12.4. The van der Waals surface area contributed by atoms with Gasteiger partial charge in [0.05, 0.1) is 18.7 Å². The topological polar surface area (TPSA) is 52.6 Å². The number of amides is 1. The predicted molar refractivity (Wildman–Crippen MR) is 81.8 cm³/mol. The SMILES string of the molecule is O=C(CN1CCC[C@@H]1CO)NC1(c2ccccc2)CCC1. The fraction of sp³-hybridized carbons (Fsp3) is 0.588. The van der Waals surface area contributed by atoms with Crippen molar-refractivity contribution in [3.63, 3.8) is 0 Å². The lowest BCUT2D eigenvalue weighted by Gasteiger charge is -2.43. The van der Waals surface area contributed by atoms with Crippen LogP contribution < -0.4 is 5.32 Å². The summed E-state index contributed by atoms with van der Waals surface area (Å²) >= 11 is 0. The normalized spacial score (nSPS) is 24.5. The zero-order chi connectivity index (χ0) is 14.7. The molecule has 1 aliphatic carbocycles. The highest BCUT2D eigenvalue weighted by Crippen LogP contribution is 2.41. The molecule has 0 spiro atoms. The standard InChI is InChI=1S/C17H24N2O2/c20-13-15-8-4-11-19(15)12-16(21)18-17(9-5-10-17)14-6-2-1-3-7-14/h1-3,6-7,15,20H,4-5,8-13H2,(H,18,21)/t15-/m1/s1. The molecular formula is C17H24N2O2. The molecule has 2 fully saturated rings. The molecule has 0 bridgehead atoms. The summed E-state index contributed by atoms with van der Waals surface area (Å²) in [4.78, 5) is 14.5. The molecule has 3 rings (SSSR count). The first-order chi connectivity index (χ1) is 10.2. The quantitative estimate of drug-likeness (QED) is 0.866. The van der Waals surface area contributed by atoms with Crippen molar-refractivity contribution in [1.82, 2.24) is 10.2 Å². The van der Waals surface area contributed by atoms with Crippen LogP contribution in [-0.4, -0.2) is 41.7 Å². The molecule has 21 heavy (non-hydrogen) atoms. The van der Waals surface area contributed by atoms with E-state index >= 15 is 0 Å². The van der Waals surface area contributed by atoms with E-state index in [9.17, 15) is 9.90 Å². The van der Waals surface area contributed by atoms with Gasteiger partial charge in [0.15, 0.2) is 0 Å². The predicted octanol–water partition coefficient (Wildman–Crippen LogP) is 1.64. The number of likely N-dealkylation sites (tertiary alicyclic amines) is 1. The van der Waals surface area contributed by atoms with Crippen LogP contribution in [-0.2, 0) is 10.3 Å². The van der Waals surface area contributed by atoms with Gasteiger partial charge in [-0.1, -0.05) is 30.3 Å². The second kappa shape index (κ2) is 6.16. The van der Waals surface area contributed by atoms with Crippen molar-refractivity contribution in [2.75, 3.05) is 19.7 Å². The van der Waals surface area contributed by atoms with Crippen molar-refractivity contribution in [2.24, 2.45) is 0 Å². The van der Waals surface area contributed by atoms with E-state index in [1.165, 1.54) is 5.56 Å². The van der Waals surface area contributed by atoms with Gasteiger partial charge in [-0.2, -0.15) is 0 Å². The highest BCUT2D eigenvalue weighted by molar-refractivity contribution is 5.79. The summed E-state index contributed by atoms with van der Waals surface area (Å²) in [6, 6.07) is 10.4. The lowest BCUT2D eigenvalue weighted by Crippen LogP contribution is -2.53. The Morgan fingerprint density at radius 2 is 2.05 bits per heavy atom. The largest absolute Gasteiger partial charge is 0.395 e. The van der Waals surface area contributed by atoms with Gasteiger partial charge in [0.1, 0.15) is 0 Å². The molecule has 114 valence electrons. The summed E-state index contributed by atoms with van der Waals surface area (Å²) < 4.78 is 0. The van der Waals surface area contributed by atoms with Gasteiger partial charge in [0.2, 0.25) is 5.91 Å². The van der Waals surface area contributed by atoms with Gasteiger partial charge < -0.3 is 10.4 Å². The molecular weight excluding hydrogens is 264 g/mol. The number of nitrogens with one attached hydrogen (secondary N) is 1. The summed E-state index contributed by atoms with van der Waals surface area (Å²) in [5.74, 6) is 0.0823. The van der Waals surface area contributed by atoms with Crippen molar-refractivity contribution < 1.29 is 9.90 Å². The smallest absolute Gasteiger partial charge is 0.234 e. The van der Waals surface area contributed by atoms with Crippen LogP contribution in [0.4, 0.5) is 0 Å². The Kier molecular flexibility index (Phi) is 4.27. The van der Waals surface area contributed by atoms with Gasteiger partial charge in [-0.3, -0.25) is 9.69 Å². The summed E-state index contributed by atoms with van der Waals surface area (Å²) in [6.45, 7) is 1.47. The van der Waals surface area contributed by atoms with Crippen molar-refractivity contribution in [2.45, 2.75) is 43.7 Å². The van der Waals surface area contributed by atoms with Gasteiger partial charge in [0.25, 0.3) is 0 Å². The van der Waals surface area contributed by atoms with Gasteiger partial charge in [-0.15, -0.1) is 0 Å². The van der Waals surface area contributed by atoms with Gasteiger partial charge >= 0.3 is 0 Å². The first kappa shape index (κ1) is 14.5. The van der Waals surface area contributed by atoms with Crippen LogP contribution in [0.2, 0.25) is 0 Å². The fourth-order valence-corrected chi connectivity index (χ4v) is 3.57. The lowest BCUT2D eigenvalue weighted by molar-refractivity contribution is -0.125. The molecule has 1 atom stereocenters. The van der Waals surface area contributed by atoms with E-state index in [2.05, 4.69) is 22.3 Å². The van der Waals surface area contributed by atoms with Crippen LogP contribution in [0.3, 0.4) is 0 Å². The molecule has 1 aromatic rings. The second-order valence-electron chi connectivity index (χ2n) is 6.30. The minimum absolute atomic E-state index is 0.0823. The minimum atomic E-state index is -0.160. The molecule has 2 N–H and O–H groups in total. The highest BCUT2D eigenvalue weighted by Gasteiger charge is 2.40. The summed E-state index contributed by atoms with van der Waals surface area (Å²) in [5, 5.41) is 12.6. The van der Waals surface area contributed by atoms with E-state index in [0.717, 1.165) is 38.6 Å². The average Bonchev–Trinajstić information content (AvgIpc) is 2.91. The maximum atomic E-state index is 12.4. The number of nitrogens with zero attached hydrogens (tertiary/aromatic N) is 1. The Morgan fingerprint density at radius 1 is 1.29 bits per heavy atom. The number of carbonyl (C=O) groups is 1. The zero-order valence-electron chi connectivity index (χ0n) is 12.4. The molecule has 1 aromatic carbocycles. The molecule has 4 heteroatoms. The molecule has 0 unspecified atom stereocenters. The third-order valence-electron chi connectivity index (χ3n) is 4.97.